The smallest absolute Gasteiger partial charge is 0.254 e. The van der Waals surface area contributed by atoms with Crippen LogP contribution in [0.3, 0.4) is 0 Å². The Morgan fingerprint density at radius 1 is 0.861 bits per heavy atom. The van der Waals surface area contributed by atoms with E-state index in [-0.39, 0.29) is 11.8 Å². The van der Waals surface area contributed by atoms with Gasteiger partial charge in [-0.15, -0.1) is 0 Å². The van der Waals surface area contributed by atoms with E-state index in [1.165, 1.54) is 0 Å². The van der Waals surface area contributed by atoms with Gasteiger partial charge in [0.15, 0.2) is 0 Å². The Hall–Kier alpha value is -3.48. The number of anilines is 1. The van der Waals surface area contributed by atoms with Gasteiger partial charge in [-0.05, 0) is 41.3 Å². The van der Waals surface area contributed by atoms with Gasteiger partial charge in [-0.25, -0.2) is 0 Å². The molecule has 3 aromatic rings. The van der Waals surface area contributed by atoms with Crippen LogP contribution in [0.25, 0.3) is 11.1 Å². The largest absolute Gasteiger partial charge is 0.336 e. The molecule has 3 aromatic carbocycles. The first-order chi connectivity index (χ1) is 17.6. The minimum Gasteiger partial charge on any atom is -0.336 e. The van der Waals surface area contributed by atoms with E-state index in [1.807, 2.05) is 81.6 Å². The van der Waals surface area contributed by atoms with Crippen molar-refractivity contribution >= 4 is 17.5 Å². The zero-order valence-electron chi connectivity index (χ0n) is 21.2. The Kier molecular flexibility index (Phi) is 8.87. The Morgan fingerprint density at radius 3 is 2.19 bits per heavy atom. The minimum absolute atomic E-state index is 0.0437. The lowest BCUT2D eigenvalue weighted by Gasteiger charge is -2.33. The molecule has 188 valence electrons. The molecule has 0 N–H and O–H groups in total. The fourth-order valence-electron chi connectivity index (χ4n) is 4.53. The molecule has 1 saturated heterocycles. The zero-order chi connectivity index (χ0) is 25.3. The summed E-state index contributed by atoms with van der Waals surface area (Å²) in [6.45, 7) is 5.29. The first kappa shape index (κ1) is 25.6. The van der Waals surface area contributed by atoms with E-state index in [0.29, 0.717) is 44.7 Å². The number of hydroxylamine groups is 2. The highest BCUT2D eigenvalue weighted by molar-refractivity contribution is 6.01. The lowest BCUT2D eigenvalue weighted by Crippen LogP contribution is -2.48. The van der Waals surface area contributed by atoms with Crippen LogP contribution in [0.4, 0.5) is 5.69 Å². The third-order valence-electron chi connectivity index (χ3n) is 6.66. The predicted molar refractivity (Wildman–Crippen MR) is 144 cm³/mol. The maximum atomic E-state index is 13.3. The summed E-state index contributed by atoms with van der Waals surface area (Å²) >= 11 is 0. The summed E-state index contributed by atoms with van der Waals surface area (Å²) in [6, 6.07) is 25.8. The zero-order valence-corrected chi connectivity index (χ0v) is 21.2. The Morgan fingerprint density at radius 2 is 1.53 bits per heavy atom. The van der Waals surface area contributed by atoms with Gasteiger partial charge in [0, 0.05) is 43.9 Å². The standard InChI is InChI=1S/C30H35N3O3/c1-3-4-14-29(34)33(26-10-6-5-7-11-26)23-24-15-17-25(18-16-24)27-12-8-9-13-28(27)30(35)31-19-21-32(36-2)22-20-31/h5-13,15-18H,3-4,14,19-23H2,1-2H3. The molecule has 4 rings (SSSR count). The van der Waals surface area contributed by atoms with Crippen LogP contribution in [0.5, 0.6) is 0 Å². The summed E-state index contributed by atoms with van der Waals surface area (Å²) in [6.07, 6.45) is 2.41. The van der Waals surface area contributed by atoms with Gasteiger partial charge in [0.2, 0.25) is 5.91 Å². The fraction of sp³-hybridized carbons (Fsp3) is 0.333. The molecule has 0 radical (unpaired) electrons. The van der Waals surface area contributed by atoms with Crippen molar-refractivity contribution in [3.05, 3.63) is 90.0 Å². The molecule has 0 bridgehead atoms. The summed E-state index contributed by atoms with van der Waals surface area (Å²) in [5.41, 5.74) is 4.57. The normalized spacial score (nSPS) is 14.0. The van der Waals surface area contributed by atoms with Crippen molar-refractivity contribution < 1.29 is 14.4 Å². The average molecular weight is 486 g/mol. The van der Waals surface area contributed by atoms with Crippen LogP contribution in [0.2, 0.25) is 0 Å². The number of rotatable bonds is 9. The van der Waals surface area contributed by atoms with Gasteiger partial charge in [-0.3, -0.25) is 9.59 Å². The fourth-order valence-corrected chi connectivity index (χ4v) is 4.53. The highest BCUT2D eigenvalue weighted by atomic mass is 16.7. The number of amides is 2. The molecule has 36 heavy (non-hydrogen) atoms. The van der Waals surface area contributed by atoms with E-state index < -0.39 is 0 Å². The lowest BCUT2D eigenvalue weighted by atomic mass is 9.97. The number of hydrogen-bond donors (Lipinski definition) is 0. The first-order valence-electron chi connectivity index (χ1n) is 12.7. The minimum atomic E-state index is 0.0437. The molecular weight excluding hydrogens is 450 g/mol. The summed E-state index contributed by atoms with van der Waals surface area (Å²) in [7, 11) is 1.66. The maximum absolute atomic E-state index is 13.3. The molecule has 0 aromatic heterocycles. The molecule has 1 fully saturated rings. The second-order valence-electron chi connectivity index (χ2n) is 9.07. The summed E-state index contributed by atoms with van der Waals surface area (Å²) in [5.74, 6) is 0.179. The molecule has 6 heteroatoms. The van der Waals surface area contributed by atoms with Crippen LogP contribution in [0, 0.1) is 0 Å². The number of hydrogen-bond acceptors (Lipinski definition) is 4. The summed E-state index contributed by atoms with van der Waals surface area (Å²) < 4.78 is 0. The monoisotopic (exact) mass is 485 g/mol. The molecule has 1 heterocycles. The van der Waals surface area contributed by atoms with E-state index in [9.17, 15) is 9.59 Å². The average Bonchev–Trinajstić information content (AvgIpc) is 2.95. The molecule has 0 spiro atoms. The Balaban J connectivity index is 1.52. The van der Waals surface area contributed by atoms with Crippen LogP contribution in [-0.4, -0.2) is 55.1 Å². The number of benzene rings is 3. The summed E-state index contributed by atoms with van der Waals surface area (Å²) in [4.78, 5) is 35.4. The molecule has 0 unspecified atom stereocenters. The Bertz CT molecular complexity index is 1140. The second-order valence-corrected chi connectivity index (χ2v) is 9.07. The van der Waals surface area contributed by atoms with Gasteiger partial charge in [0.25, 0.3) is 5.91 Å². The van der Waals surface area contributed by atoms with Gasteiger partial charge < -0.3 is 14.6 Å². The molecule has 2 amide bonds. The van der Waals surface area contributed by atoms with Gasteiger partial charge in [0.1, 0.15) is 0 Å². The van der Waals surface area contributed by atoms with Gasteiger partial charge in [0.05, 0.1) is 13.7 Å². The van der Waals surface area contributed by atoms with Crippen molar-refractivity contribution in [2.75, 3.05) is 38.2 Å². The third-order valence-corrected chi connectivity index (χ3v) is 6.66. The van der Waals surface area contributed by atoms with Crippen molar-refractivity contribution in [2.45, 2.75) is 32.7 Å². The molecular formula is C30H35N3O3. The summed E-state index contributed by atoms with van der Waals surface area (Å²) in [5, 5.41) is 1.88. The van der Waals surface area contributed by atoms with Crippen LogP contribution in [0.1, 0.15) is 42.1 Å². The van der Waals surface area contributed by atoms with Crippen LogP contribution in [0.15, 0.2) is 78.9 Å². The van der Waals surface area contributed by atoms with Crippen molar-refractivity contribution in [3.8, 4) is 11.1 Å². The van der Waals surface area contributed by atoms with E-state index >= 15 is 0 Å². The molecule has 0 atom stereocenters. The van der Waals surface area contributed by atoms with Crippen molar-refractivity contribution in [1.82, 2.24) is 9.96 Å². The highest BCUT2D eigenvalue weighted by Crippen LogP contribution is 2.27. The van der Waals surface area contributed by atoms with Crippen LogP contribution < -0.4 is 4.90 Å². The van der Waals surface area contributed by atoms with Crippen LogP contribution in [-0.2, 0) is 16.2 Å². The van der Waals surface area contributed by atoms with Crippen LogP contribution >= 0.6 is 0 Å². The van der Waals surface area contributed by atoms with E-state index in [1.54, 1.807) is 7.11 Å². The Labute approximate surface area is 214 Å². The van der Waals surface area contributed by atoms with Crippen molar-refractivity contribution in [1.29, 1.82) is 0 Å². The molecule has 6 nitrogen and oxygen atoms in total. The molecule has 0 aliphatic carbocycles. The van der Waals surface area contributed by atoms with Crippen molar-refractivity contribution in [3.63, 3.8) is 0 Å². The van der Waals surface area contributed by atoms with E-state index in [0.717, 1.165) is 35.2 Å². The maximum Gasteiger partial charge on any atom is 0.254 e. The lowest BCUT2D eigenvalue weighted by molar-refractivity contribution is -0.147. The third kappa shape index (κ3) is 6.20. The SMILES string of the molecule is CCCCC(=O)N(Cc1ccc(-c2ccccc2C(=O)N2CCN(OC)CC2)cc1)c1ccccc1. The van der Waals surface area contributed by atoms with Gasteiger partial charge in [-0.1, -0.05) is 74.0 Å². The number of piperazine rings is 1. The van der Waals surface area contributed by atoms with E-state index in [4.69, 9.17) is 4.84 Å². The van der Waals surface area contributed by atoms with E-state index in [2.05, 4.69) is 19.1 Å². The second kappa shape index (κ2) is 12.5. The topological polar surface area (TPSA) is 53.1 Å². The first-order valence-corrected chi connectivity index (χ1v) is 12.7. The highest BCUT2D eigenvalue weighted by Gasteiger charge is 2.24. The molecule has 1 aliphatic heterocycles. The quantitative estimate of drug-likeness (QED) is 0.407. The van der Waals surface area contributed by atoms with Gasteiger partial charge >= 0.3 is 0 Å². The number of carbonyl (C=O) groups is 2. The van der Waals surface area contributed by atoms with Gasteiger partial charge in [-0.2, -0.15) is 5.06 Å². The number of unbranched alkanes of at least 4 members (excludes halogenated alkanes) is 1. The number of para-hydroxylation sites is 1. The predicted octanol–water partition coefficient (Wildman–Crippen LogP) is 5.40. The van der Waals surface area contributed by atoms with Crippen molar-refractivity contribution in [2.24, 2.45) is 0 Å². The molecule has 1 aliphatic rings. The number of nitrogens with zero attached hydrogens (tertiary/aromatic N) is 3. The number of carbonyl (C=O) groups excluding carboxylic acids is 2. The molecule has 0 saturated carbocycles.